The Kier molecular flexibility index (Phi) is 7.32. The van der Waals surface area contributed by atoms with Crippen molar-refractivity contribution >= 4 is 12.1 Å². The fourth-order valence-electron chi connectivity index (χ4n) is 1.88. The minimum atomic E-state index is -0.577. The zero-order chi connectivity index (χ0) is 17.3. The van der Waals surface area contributed by atoms with Gasteiger partial charge >= 0.3 is 12.1 Å². The highest BCUT2D eigenvalue weighted by molar-refractivity contribution is 5.82. The molecule has 1 rings (SSSR count). The highest BCUT2D eigenvalue weighted by Crippen LogP contribution is 2.09. The number of hydrogen-bond donors (Lipinski definition) is 1. The van der Waals surface area contributed by atoms with Gasteiger partial charge in [0.1, 0.15) is 5.60 Å². The average Bonchev–Trinajstić information content (AvgIpc) is 2.44. The summed E-state index contributed by atoms with van der Waals surface area (Å²) in [4.78, 5) is 23.4. The zero-order valence-corrected chi connectivity index (χ0v) is 14.2. The van der Waals surface area contributed by atoms with Gasteiger partial charge in [0.25, 0.3) is 0 Å². The third-order valence-corrected chi connectivity index (χ3v) is 2.75. The lowest BCUT2D eigenvalue weighted by Crippen LogP contribution is -2.39. The molecule has 126 valence electrons. The van der Waals surface area contributed by atoms with Gasteiger partial charge in [-0.3, -0.25) is 0 Å². The van der Waals surface area contributed by atoms with Gasteiger partial charge in [0, 0.05) is 6.08 Å². The number of esters is 1. The molecule has 1 amide bonds. The predicted octanol–water partition coefficient (Wildman–Crippen LogP) is 3.24. The summed E-state index contributed by atoms with van der Waals surface area (Å²) in [5, 5.41) is 2.76. The van der Waals surface area contributed by atoms with Gasteiger partial charge in [0.05, 0.1) is 12.6 Å². The molecule has 1 aromatic carbocycles. The van der Waals surface area contributed by atoms with Gasteiger partial charge in [-0.15, -0.1) is 0 Å². The van der Waals surface area contributed by atoms with Crippen LogP contribution in [0.1, 0.15) is 33.3 Å². The fourth-order valence-corrected chi connectivity index (χ4v) is 1.88. The summed E-state index contributed by atoms with van der Waals surface area (Å²) in [5.41, 5.74) is 0.466. The van der Waals surface area contributed by atoms with Gasteiger partial charge in [0.15, 0.2) is 0 Å². The van der Waals surface area contributed by atoms with E-state index in [4.69, 9.17) is 9.47 Å². The molecule has 0 aliphatic rings. The minimum Gasteiger partial charge on any atom is -0.463 e. The Bertz CT molecular complexity index is 532. The predicted molar refractivity (Wildman–Crippen MR) is 89.1 cm³/mol. The number of alkyl carbamates (subject to hydrolysis) is 1. The lowest BCUT2D eigenvalue weighted by Gasteiger charge is -2.22. The highest BCUT2D eigenvalue weighted by atomic mass is 16.6. The maximum absolute atomic E-state index is 11.9. The summed E-state index contributed by atoms with van der Waals surface area (Å²) in [6, 6.07) is 9.33. The molecule has 0 unspecified atom stereocenters. The molecule has 1 atom stereocenters. The molecule has 5 heteroatoms. The summed E-state index contributed by atoms with van der Waals surface area (Å²) in [6.07, 6.45) is 2.98. The Morgan fingerprint density at radius 3 is 2.43 bits per heavy atom. The first-order valence-electron chi connectivity index (χ1n) is 7.68. The van der Waals surface area contributed by atoms with Crippen molar-refractivity contribution in [2.75, 3.05) is 6.61 Å². The Hall–Kier alpha value is -2.30. The molecule has 0 spiro atoms. The van der Waals surface area contributed by atoms with Crippen LogP contribution < -0.4 is 5.32 Å². The van der Waals surface area contributed by atoms with Crippen molar-refractivity contribution in [1.29, 1.82) is 0 Å². The number of hydrogen-bond acceptors (Lipinski definition) is 4. The van der Waals surface area contributed by atoms with Crippen LogP contribution in [-0.2, 0) is 20.7 Å². The van der Waals surface area contributed by atoms with E-state index in [1.807, 2.05) is 30.3 Å². The van der Waals surface area contributed by atoms with E-state index < -0.39 is 17.7 Å². The summed E-state index contributed by atoms with van der Waals surface area (Å²) >= 11 is 0. The third kappa shape index (κ3) is 8.66. The van der Waals surface area contributed by atoms with E-state index in [0.29, 0.717) is 13.0 Å². The molecule has 1 N–H and O–H groups in total. The largest absolute Gasteiger partial charge is 0.463 e. The number of ether oxygens (including phenoxy) is 2. The number of carbonyl (C=O) groups is 2. The van der Waals surface area contributed by atoms with Gasteiger partial charge in [-0.25, -0.2) is 9.59 Å². The van der Waals surface area contributed by atoms with E-state index in [-0.39, 0.29) is 6.04 Å². The summed E-state index contributed by atoms with van der Waals surface area (Å²) < 4.78 is 10.1. The zero-order valence-electron chi connectivity index (χ0n) is 14.2. The Morgan fingerprint density at radius 1 is 1.22 bits per heavy atom. The quantitative estimate of drug-likeness (QED) is 0.646. The van der Waals surface area contributed by atoms with Crippen LogP contribution in [-0.4, -0.2) is 30.3 Å². The summed E-state index contributed by atoms with van der Waals surface area (Å²) in [5.74, 6) is -0.434. The van der Waals surface area contributed by atoms with Gasteiger partial charge < -0.3 is 14.8 Å². The topological polar surface area (TPSA) is 64.6 Å². The number of rotatable bonds is 6. The maximum atomic E-state index is 11.9. The maximum Gasteiger partial charge on any atom is 0.408 e. The first kappa shape index (κ1) is 18.7. The number of carbonyl (C=O) groups excluding carboxylic acids is 2. The Morgan fingerprint density at radius 2 is 1.87 bits per heavy atom. The highest BCUT2D eigenvalue weighted by Gasteiger charge is 2.18. The molecule has 1 aromatic rings. The van der Waals surface area contributed by atoms with Crippen LogP contribution in [0.4, 0.5) is 4.79 Å². The van der Waals surface area contributed by atoms with Crippen molar-refractivity contribution in [1.82, 2.24) is 5.32 Å². The first-order chi connectivity index (χ1) is 10.8. The second kappa shape index (κ2) is 8.98. The van der Waals surface area contributed by atoms with Gasteiger partial charge in [-0.2, -0.15) is 0 Å². The smallest absolute Gasteiger partial charge is 0.408 e. The van der Waals surface area contributed by atoms with Crippen LogP contribution in [0, 0.1) is 0 Å². The van der Waals surface area contributed by atoms with Crippen molar-refractivity contribution in [2.24, 2.45) is 0 Å². The van der Waals surface area contributed by atoms with E-state index in [2.05, 4.69) is 5.32 Å². The van der Waals surface area contributed by atoms with Crippen molar-refractivity contribution in [3.05, 3.63) is 48.0 Å². The van der Waals surface area contributed by atoms with Crippen LogP contribution in [0.5, 0.6) is 0 Å². The average molecular weight is 319 g/mol. The molecule has 0 fully saturated rings. The Labute approximate surface area is 137 Å². The third-order valence-electron chi connectivity index (χ3n) is 2.75. The van der Waals surface area contributed by atoms with Crippen LogP contribution >= 0.6 is 0 Å². The fraction of sp³-hybridized carbons (Fsp3) is 0.444. The summed E-state index contributed by atoms with van der Waals surface area (Å²) in [7, 11) is 0. The summed E-state index contributed by atoms with van der Waals surface area (Å²) in [6.45, 7) is 7.45. The van der Waals surface area contributed by atoms with E-state index in [0.717, 1.165) is 5.56 Å². The normalized spacial score (nSPS) is 12.7. The standard InChI is InChI=1S/C18H25NO4/c1-5-22-16(20)12-11-15(13-14-9-7-6-8-10-14)19-17(21)23-18(2,3)4/h6-12,15H,5,13H2,1-4H3,(H,19,21)/b12-11-/t15-/m1/s1. The molecular weight excluding hydrogens is 294 g/mol. The van der Waals surface area contributed by atoms with E-state index in [1.54, 1.807) is 33.8 Å². The van der Waals surface area contributed by atoms with Gasteiger partial charge in [0.2, 0.25) is 0 Å². The molecule has 0 saturated heterocycles. The van der Waals surface area contributed by atoms with Crippen molar-refractivity contribution < 1.29 is 19.1 Å². The molecule has 0 bridgehead atoms. The molecule has 0 saturated carbocycles. The van der Waals surface area contributed by atoms with E-state index in [1.165, 1.54) is 6.08 Å². The van der Waals surface area contributed by atoms with Crippen molar-refractivity contribution in [3.63, 3.8) is 0 Å². The van der Waals surface area contributed by atoms with Gasteiger partial charge in [-0.05, 0) is 39.7 Å². The van der Waals surface area contributed by atoms with E-state index in [9.17, 15) is 9.59 Å². The second-order valence-corrected chi connectivity index (χ2v) is 6.05. The first-order valence-corrected chi connectivity index (χ1v) is 7.68. The van der Waals surface area contributed by atoms with Crippen LogP contribution in [0.15, 0.2) is 42.5 Å². The lowest BCUT2D eigenvalue weighted by molar-refractivity contribution is -0.137. The van der Waals surface area contributed by atoms with Crippen LogP contribution in [0.25, 0.3) is 0 Å². The lowest BCUT2D eigenvalue weighted by atomic mass is 10.1. The minimum absolute atomic E-state index is 0.312. The number of nitrogens with one attached hydrogen (secondary N) is 1. The van der Waals surface area contributed by atoms with Crippen LogP contribution in [0.3, 0.4) is 0 Å². The SMILES string of the molecule is CCOC(=O)/C=C\[C@H](Cc1ccccc1)NC(=O)OC(C)(C)C. The molecular formula is C18H25NO4. The monoisotopic (exact) mass is 319 g/mol. The molecule has 0 aliphatic carbocycles. The number of benzene rings is 1. The number of amides is 1. The van der Waals surface area contributed by atoms with Crippen molar-refractivity contribution in [3.8, 4) is 0 Å². The van der Waals surface area contributed by atoms with Crippen molar-refractivity contribution in [2.45, 2.75) is 45.8 Å². The Balaban J connectivity index is 2.75. The second-order valence-electron chi connectivity index (χ2n) is 6.05. The molecule has 0 aliphatic heterocycles. The molecule has 23 heavy (non-hydrogen) atoms. The molecule has 5 nitrogen and oxygen atoms in total. The van der Waals surface area contributed by atoms with Gasteiger partial charge in [-0.1, -0.05) is 36.4 Å². The molecule has 0 heterocycles. The van der Waals surface area contributed by atoms with E-state index >= 15 is 0 Å². The molecule has 0 radical (unpaired) electrons. The van der Waals surface area contributed by atoms with Crippen LogP contribution in [0.2, 0.25) is 0 Å². The molecule has 0 aromatic heterocycles.